The van der Waals surface area contributed by atoms with Crippen LogP contribution >= 0.6 is 11.8 Å². The molecule has 0 fully saturated rings. The van der Waals surface area contributed by atoms with Crippen molar-refractivity contribution in [2.45, 2.75) is 12.5 Å². The first kappa shape index (κ1) is 17.0. The summed E-state index contributed by atoms with van der Waals surface area (Å²) in [4.78, 5) is 48.7. The third kappa shape index (κ3) is 3.53. The van der Waals surface area contributed by atoms with Gasteiger partial charge in [-0.05, 0) is 30.6 Å². The zero-order valence-corrected chi connectivity index (χ0v) is 13.3. The lowest BCUT2D eigenvalue weighted by atomic mass is 10.1. The molecule has 2 rings (SSSR count). The van der Waals surface area contributed by atoms with E-state index in [0.717, 1.165) is 4.90 Å². The number of hydrogen-bond donors (Lipinski definition) is 2. The number of benzene rings is 1. The fourth-order valence-corrected chi connectivity index (χ4v) is 2.84. The molecule has 122 valence electrons. The molecule has 23 heavy (non-hydrogen) atoms. The lowest BCUT2D eigenvalue weighted by Crippen LogP contribution is -2.50. The summed E-state index contributed by atoms with van der Waals surface area (Å²) in [5.74, 6) is -2.33. The maximum atomic E-state index is 12.5. The van der Waals surface area contributed by atoms with Crippen LogP contribution in [-0.2, 0) is 9.59 Å². The standard InChI is InChI=1S/C15H16N2O5S/c1-23-7-6-11(13(20)16-8-12(18)19)17-14(21)9-4-2-3-5-10(9)15(17)22/h2-5,11H,6-8H2,1H3,(H,16,20)(H,18,19). The van der Waals surface area contributed by atoms with E-state index in [-0.39, 0.29) is 17.5 Å². The van der Waals surface area contributed by atoms with Gasteiger partial charge in [0.1, 0.15) is 12.6 Å². The average Bonchev–Trinajstić information content (AvgIpc) is 2.78. The molecule has 0 aromatic heterocycles. The normalized spacial score (nSPS) is 14.6. The Hall–Kier alpha value is -2.35. The van der Waals surface area contributed by atoms with Gasteiger partial charge in [0.05, 0.1) is 11.1 Å². The van der Waals surface area contributed by atoms with Gasteiger partial charge in [-0.25, -0.2) is 0 Å². The average molecular weight is 336 g/mol. The van der Waals surface area contributed by atoms with Gasteiger partial charge in [-0.3, -0.25) is 24.1 Å². The van der Waals surface area contributed by atoms with Crippen LogP contribution in [0.4, 0.5) is 0 Å². The molecule has 0 aliphatic carbocycles. The van der Waals surface area contributed by atoms with E-state index in [4.69, 9.17) is 5.11 Å². The maximum Gasteiger partial charge on any atom is 0.322 e. The number of imide groups is 1. The molecule has 1 atom stereocenters. The van der Waals surface area contributed by atoms with Crippen molar-refractivity contribution >= 4 is 35.5 Å². The van der Waals surface area contributed by atoms with Gasteiger partial charge < -0.3 is 10.4 Å². The quantitative estimate of drug-likeness (QED) is 0.707. The number of aliphatic carboxylic acids is 1. The highest BCUT2D eigenvalue weighted by Gasteiger charge is 2.42. The van der Waals surface area contributed by atoms with Crippen molar-refractivity contribution < 1.29 is 24.3 Å². The number of nitrogens with zero attached hydrogens (tertiary/aromatic N) is 1. The molecule has 8 heteroatoms. The van der Waals surface area contributed by atoms with E-state index in [0.29, 0.717) is 5.75 Å². The molecule has 0 saturated heterocycles. The van der Waals surface area contributed by atoms with Crippen LogP contribution in [-0.4, -0.2) is 58.3 Å². The Labute approximate surface area is 137 Å². The first-order valence-electron chi connectivity index (χ1n) is 6.92. The first-order chi connectivity index (χ1) is 11.0. The molecule has 1 heterocycles. The van der Waals surface area contributed by atoms with Crippen molar-refractivity contribution in [3.63, 3.8) is 0 Å². The summed E-state index contributed by atoms with van der Waals surface area (Å²) in [5, 5.41) is 10.9. The summed E-state index contributed by atoms with van der Waals surface area (Å²) < 4.78 is 0. The third-order valence-electron chi connectivity index (χ3n) is 3.45. The van der Waals surface area contributed by atoms with Gasteiger partial charge in [0.25, 0.3) is 11.8 Å². The highest BCUT2D eigenvalue weighted by atomic mass is 32.2. The molecule has 0 spiro atoms. The predicted octanol–water partition coefficient (Wildman–Crippen LogP) is 0.605. The second-order valence-corrected chi connectivity index (χ2v) is 5.92. The van der Waals surface area contributed by atoms with Crippen LogP contribution in [0.1, 0.15) is 27.1 Å². The Bertz CT molecular complexity index is 626. The van der Waals surface area contributed by atoms with Crippen LogP contribution in [0.2, 0.25) is 0 Å². The van der Waals surface area contributed by atoms with E-state index in [9.17, 15) is 19.2 Å². The van der Waals surface area contributed by atoms with Crippen LogP contribution < -0.4 is 5.32 Å². The number of carbonyl (C=O) groups excluding carboxylic acids is 3. The zero-order valence-electron chi connectivity index (χ0n) is 12.4. The summed E-state index contributed by atoms with van der Waals surface area (Å²) in [6, 6.07) is 5.35. The van der Waals surface area contributed by atoms with E-state index in [2.05, 4.69) is 5.32 Å². The molecule has 1 aliphatic heterocycles. The van der Waals surface area contributed by atoms with Crippen molar-refractivity contribution in [2.75, 3.05) is 18.6 Å². The number of fused-ring (bicyclic) bond motifs is 1. The minimum Gasteiger partial charge on any atom is -0.480 e. The molecule has 1 aromatic carbocycles. The molecular formula is C15H16N2O5S. The highest BCUT2D eigenvalue weighted by Crippen LogP contribution is 2.26. The minimum absolute atomic E-state index is 0.262. The molecule has 1 aromatic rings. The van der Waals surface area contributed by atoms with E-state index >= 15 is 0 Å². The molecule has 0 bridgehead atoms. The smallest absolute Gasteiger partial charge is 0.322 e. The van der Waals surface area contributed by atoms with Crippen molar-refractivity contribution in [1.29, 1.82) is 0 Å². The molecule has 2 N–H and O–H groups in total. The lowest BCUT2D eigenvalue weighted by Gasteiger charge is -2.24. The number of rotatable bonds is 7. The summed E-state index contributed by atoms with van der Waals surface area (Å²) in [7, 11) is 0. The van der Waals surface area contributed by atoms with Gasteiger partial charge in [0, 0.05) is 0 Å². The van der Waals surface area contributed by atoms with Gasteiger partial charge in [0.2, 0.25) is 5.91 Å². The molecule has 0 saturated carbocycles. The largest absolute Gasteiger partial charge is 0.480 e. The maximum absolute atomic E-state index is 12.5. The number of carboxylic acid groups (broad SMARTS) is 1. The fraction of sp³-hybridized carbons (Fsp3) is 0.333. The van der Waals surface area contributed by atoms with E-state index in [1.165, 1.54) is 23.9 Å². The van der Waals surface area contributed by atoms with Crippen LogP contribution in [0, 0.1) is 0 Å². The first-order valence-corrected chi connectivity index (χ1v) is 8.32. The Morgan fingerprint density at radius 1 is 1.22 bits per heavy atom. The predicted molar refractivity (Wildman–Crippen MR) is 84.4 cm³/mol. The van der Waals surface area contributed by atoms with Crippen molar-refractivity contribution in [1.82, 2.24) is 10.2 Å². The fourth-order valence-electron chi connectivity index (χ4n) is 2.38. The Morgan fingerprint density at radius 3 is 2.26 bits per heavy atom. The number of amides is 3. The second-order valence-electron chi connectivity index (χ2n) is 4.93. The molecule has 7 nitrogen and oxygen atoms in total. The molecule has 0 radical (unpaired) electrons. The van der Waals surface area contributed by atoms with Crippen LogP contribution in [0.5, 0.6) is 0 Å². The Balaban J connectivity index is 2.26. The number of carbonyl (C=O) groups is 4. The van der Waals surface area contributed by atoms with Gasteiger partial charge in [0.15, 0.2) is 0 Å². The second kappa shape index (κ2) is 7.28. The Morgan fingerprint density at radius 2 is 1.78 bits per heavy atom. The highest BCUT2D eigenvalue weighted by molar-refractivity contribution is 7.98. The van der Waals surface area contributed by atoms with Gasteiger partial charge in [-0.15, -0.1) is 0 Å². The molecule has 1 unspecified atom stereocenters. The van der Waals surface area contributed by atoms with Crippen molar-refractivity contribution in [3.8, 4) is 0 Å². The number of carboxylic acids is 1. The molecule has 3 amide bonds. The van der Waals surface area contributed by atoms with Crippen molar-refractivity contribution in [3.05, 3.63) is 35.4 Å². The molecule has 1 aliphatic rings. The van der Waals surface area contributed by atoms with E-state index < -0.39 is 36.3 Å². The topological polar surface area (TPSA) is 104 Å². The third-order valence-corrected chi connectivity index (χ3v) is 4.09. The van der Waals surface area contributed by atoms with Gasteiger partial charge >= 0.3 is 5.97 Å². The summed E-state index contributed by atoms with van der Waals surface area (Å²) in [6.45, 7) is -0.558. The minimum atomic E-state index is -1.19. The lowest BCUT2D eigenvalue weighted by molar-refractivity contribution is -0.138. The van der Waals surface area contributed by atoms with Crippen LogP contribution in [0.3, 0.4) is 0 Å². The summed E-state index contributed by atoms with van der Waals surface area (Å²) in [6.07, 6.45) is 2.10. The number of thioether (sulfide) groups is 1. The van der Waals surface area contributed by atoms with Gasteiger partial charge in [-0.1, -0.05) is 12.1 Å². The summed E-state index contributed by atoms with van der Waals surface area (Å²) >= 11 is 1.47. The number of nitrogens with one attached hydrogen (secondary N) is 1. The Kier molecular flexibility index (Phi) is 5.38. The van der Waals surface area contributed by atoms with E-state index in [1.807, 2.05) is 6.26 Å². The van der Waals surface area contributed by atoms with Crippen LogP contribution in [0.15, 0.2) is 24.3 Å². The zero-order chi connectivity index (χ0) is 17.0. The van der Waals surface area contributed by atoms with E-state index in [1.54, 1.807) is 12.1 Å². The summed E-state index contributed by atoms with van der Waals surface area (Å²) in [5.41, 5.74) is 0.523. The monoisotopic (exact) mass is 336 g/mol. The molecular weight excluding hydrogens is 320 g/mol. The van der Waals surface area contributed by atoms with Crippen LogP contribution in [0.25, 0.3) is 0 Å². The van der Waals surface area contributed by atoms with Gasteiger partial charge in [-0.2, -0.15) is 11.8 Å². The van der Waals surface area contributed by atoms with Crippen molar-refractivity contribution in [2.24, 2.45) is 0 Å². The number of hydrogen-bond acceptors (Lipinski definition) is 5. The SMILES string of the molecule is CSCCC(C(=O)NCC(=O)O)N1C(=O)c2ccccc2C1=O.